The summed E-state index contributed by atoms with van der Waals surface area (Å²) in [4.78, 5) is 20.9. The molecule has 2 aromatic heterocycles. The van der Waals surface area contributed by atoms with Crippen molar-refractivity contribution in [2.75, 3.05) is 19.6 Å². The van der Waals surface area contributed by atoms with E-state index in [-0.39, 0.29) is 12.5 Å². The van der Waals surface area contributed by atoms with E-state index < -0.39 is 26.9 Å². The number of carbonyl (C=O) groups is 1. The number of piperidine rings is 1. The lowest BCUT2D eigenvalue weighted by atomic mass is 9.79. The maximum absolute atomic E-state index is 14.0. The first-order valence-corrected chi connectivity index (χ1v) is 14.5. The number of aromatic amines is 1. The Morgan fingerprint density at radius 1 is 1.05 bits per heavy atom. The van der Waals surface area contributed by atoms with Crippen LogP contribution in [0.4, 0.5) is 4.79 Å². The molecule has 2 aliphatic rings. The molecule has 2 unspecified atom stereocenters. The molecule has 9 nitrogen and oxygen atoms in total. The summed E-state index contributed by atoms with van der Waals surface area (Å²) in [5, 5.41) is 10.1. The van der Waals surface area contributed by atoms with Crippen molar-refractivity contribution in [3.05, 3.63) is 90.3 Å². The molecular formula is C29H30N4O5S. The minimum Gasteiger partial charge on any atom is -0.465 e. The normalized spacial score (nSPS) is 22.5. The maximum Gasteiger partial charge on any atom is 0.408 e. The molecule has 6 rings (SSSR count). The smallest absolute Gasteiger partial charge is 0.408 e. The molecule has 4 heterocycles. The summed E-state index contributed by atoms with van der Waals surface area (Å²) >= 11 is 0. The molecule has 202 valence electrons. The molecule has 2 saturated heterocycles. The van der Waals surface area contributed by atoms with E-state index >= 15 is 0 Å². The zero-order chi connectivity index (χ0) is 27.2. The number of amides is 1. The molecule has 2 aliphatic heterocycles. The molecule has 4 aromatic rings. The highest BCUT2D eigenvalue weighted by Gasteiger charge is 2.61. The Labute approximate surface area is 227 Å². The van der Waals surface area contributed by atoms with Gasteiger partial charge < -0.3 is 14.8 Å². The van der Waals surface area contributed by atoms with Crippen LogP contribution in [0.2, 0.25) is 0 Å². The highest BCUT2D eigenvalue weighted by molar-refractivity contribution is 7.89. The van der Waals surface area contributed by atoms with Gasteiger partial charge in [-0.15, -0.1) is 0 Å². The van der Waals surface area contributed by atoms with Crippen LogP contribution in [0.3, 0.4) is 0 Å². The first kappa shape index (κ1) is 25.4. The second-order valence-electron chi connectivity index (χ2n) is 10.3. The Bertz CT molecular complexity index is 1610. The Morgan fingerprint density at radius 3 is 2.54 bits per heavy atom. The van der Waals surface area contributed by atoms with Crippen LogP contribution in [-0.4, -0.2) is 63.7 Å². The van der Waals surface area contributed by atoms with Gasteiger partial charge in [0.2, 0.25) is 10.0 Å². The zero-order valence-electron chi connectivity index (χ0n) is 21.5. The molecule has 1 amide bonds. The summed E-state index contributed by atoms with van der Waals surface area (Å²) in [6, 6.07) is 20.3. The third-order valence-corrected chi connectivity index (χ3v) is 10.7. The number of H-pyrrole nitrogens is 1. The van der Waals surface area contributed by atoms with Crippen molar-refractivity contribution in [3.63, 3.8) is 0 Å². The lowest BCUT2D eigenvalue weighted by Gasteiger charge is -2.55. The highest BCUT2D eigenvalue weighted by Crippen LogP contribution is 2.47. The number of carboxylic acid groups (broad SMARTS) is 1. The fraction of sp³-hybridized carbons (Fsp3) is 0.310. The quantitative estimate of drug-likeness (QED) is 0.346. The lowest BCUT2D eigenvalue weighted by molar-refractivity contribution is 0.0117. The number of likely N-dealkylation sites (tertiary alicyclic amines) is 1. The summed E-state index contributed by atoms with van der Waals surface area (Å²) in [5.41, 5.74) is 1.33. The molecule has 0 radical (unpaired) electrons. The first-order chi connectivity index (χ1) is 18.8. The van der Waals surface area contributed by atoms with E-state index in [0.717, 1.165) is 16.6 Å². The number of para-hydroxylation sites is 1. The Morgan fingerprint density at radius 2 is 1.79 bits per heavy atom. The number of nitrogens with one attached hydrogen (secondary N) is 1. The topological polar surface area (TPSA) is 116 Å². The number of ether oxygens (including phenoxy) is 1. The molecule has 0 saturated carbocycles. The van der Waals surface area contributed by atoms with Gasteiger partial charge in [0.25, 0.3) is 0 Å². The number of rotatable bonds is 6. The van der Waals surface area contributed by atoms with Crippen molar-refractivity contribution >= 4 is 27.1 Å². The van der Waals surface area contributed by atoms with Crippen molar-refractivity contribution in [3.8, 4) is 11.5 Å². The molecule has 2 N–H and O–H groups in total. The van der Waals surface area contributed by atoms with Gasteiger partial charge in [-0.2, -0.15) is 0 Å². The van der Waals surface area contributed by atoms with Crippen molar-refractivity contribution in [1.29, 1.82) is 0 Å². The second-order valence-corrected chi connectivity index (χ2v) is 12.4. The van der Waals surface area contributed by atoms with Crippen molar-refractivity contribution < 1.29 is 23.1 Å². The molecule has 2 atom stereocenters. The Kier molecular flexibility index (Phi) is 6.31. The van der Waals surface area contributed by atoms with Crippen LogP contribution in [0.15, 0.2) is 79.1 Å². The van der Waals surface area contributed by atoms with Gasteiger partial charge in [0.15, 0.2) is 0 Å². The van der Waals surface area contributed by atoms with Crippen molar-refractivity contribution in [2.45, 2.75) is 36.5 Å². The van der Waals surface area contributed by atoms with Gasteiger partial charge in [-0.05, 0) is 73.2 Å². The summed E-state index contributed by atoms with van der Waals surface area (Å²) in [5.74, 6) is 1.38. The number of sulfonamides is 1. The monoisotopic (exact) mass is 546 g/mol. The van der Waals surface area contributed by atoms with Crippen LogP contribution in [-0.2, 0) is 15.6 Å². The van der Waals surface area contributed by atoms with Gasteiger partial charge in [-0.1, -0.05) is 30.3 Å². The number of hydrogen-bond acceptors (Lipinski definition) is 5. The van der Waals surface area contributed by atoms with Crippen LogP contribution in [0.5, 0.6) is 11.5 Å². The molecule has 39 heavy (non-hydrogen) atoms. The minimum atomic E-state index is -3.79. The number of aromatic nitrogens is 2. The number of hydrogen-bond donors (Lipinski definition) is 2. The largest absolute Gasteiger partial charge is 0.465 e. The van der Waals surface area contributed by atoms with E-state index in [1.165, 1.54) is 4.90 Å². The zero-order valence-corrected chi connectivity index (χ0v) is 22.3. The van der Waals surface area contributed by atoms with Crippen LogP contribution in [0.1, 0.15) is 36.8 Å². The predicted octanol–water partition coefficient (Wildman–Crippen LogP) is 5.14. The van der Waals surface area contributed by atoms with Gasteiger partial charge in [0, 0.05) is 37.4 Å². The lowest BCUT2D eigenvalue weighted by Crippen LogP contribution is -2.72. The van der Waals surface area contributed by atoms with E-state index in [1.807, 2.05) is 48.7 Å². The third kappa shape index (κ3) is 4.33. The third-order valence-electron chi connectivity index (χ3n) is 8.26. The van der Waals surface area contributed by atoms with E-state index in [4.69, 9.17) is 4.74 Å². The maximum atomic E-state index is 14.0. The molecule has 2 aromatic carbocycles. The minimum absolute atomic E-state index is 0.0774. The number of nitrogens with zero attached hydrogens (tertiary/aromatic N) is 3. The summed E-state index contributed by atoms with van der Waals surface area (Å²) < 4.78 is 35.4. The van der Waals surface area contributed by atoms with Crippen molar-refractivity contribution in [1.82, 2.24) is 19.2 Å². The van der Waals surface area contributed by atoms with E-state index in [2.05, 4.69) is 9.97 Å². The second kappa shape index (κ2) is 9.69. The molecule has 10 heteroatoms. The first-order valence-electron chi connectivity index (χ1n) is 13.0. The summed E-state index contributed by atoms with van der Waals surface area (Å²) in [6.07, 6.45) is 3.95. The van der Waals surface area contributed by atoms with Gasteiger partial charge in [0.1, 0.15) is 22.4 Å². The molecule has 2 fully saturated rings. The fourth-order valence-corrected chi connectivity index (χ4v) is 8.27. The fourth-order valence-electron chi connectivity index (χ4n) is 6.01. The number of benzene rings is 2. The number of pyridine rings is 1. The van der Waals surface area contributed by atoms with Crippen LogP contribution in [0, 0.1) is 0 Å². The molecule has 0 aliphatic carbocycles. The molecule has 0 spiro atoms. The van der Waals surface area contributed by atoms with Gasteiger partial charge >= 0.3 is 6.09 Å². The predicted molar refractivity (Wildman–Crippen MR) is 147 cm³/mol. The van der Waals surface area contributed by atoms with Gasteiger partial charge in [-0.3, -0.25) is 4.90 Å². The Balaban J connectivity index is 1.24. The van der Waals surface area contributed by atoms with E-state index in [0.29, 0.717) is 43.0 Å². The van der Waals surface area contributed by atoms with E-state index in [9.17, 15) is 18.3 Å². The van der Waals surface area contributed by atoms with Crippen LogP contribution >= 0.6 is 0 Å². The highest BCUT2D eigenvalue weighted by atomic mass is 32.2. The SMILES string of the molecule is CC1(c2cccc(Oc3ccccc3)c2)C(S(=O)(=O)N2CCC(c3c[nH]c4ncccc34)CC2)CN1C(=O)O. The average molecular weight is 547 g/mol. The van der Waals surface area contributed by atoms with Crippen LogP contribution < -0.4 is 4.74 Å². The van der Waals surface area contributed by atoms with E-state index in [1.54, 1.807) is 41.7 Å². The molecule has 0 bridgehead atoms. The average Bonchev–Trinajstić information content (AvgIpc) is 3.37. The van der Waals surface area contributed by atoms with Gasteiger partial charge in [-0.25, -0.2) is 22.5 Å². The number of fused-ring (bicyclic) bond motifs is 1. The summed E-state index contributed by atoms with van der Waals surface area (Å²) in [7, 11) is -3.79. The Hall–Kier alpha value is -3.89. The van der Waals surface area contributed by atoms with Crippen molar-refractivity contribution in [2.24, 2.45) is 0 Å². The van der Waals surface area contributed by atoms with Gasteiger partial charge in [0.05, 0.1) is 5.54 Å². The summed E-state index contributed by atoms with van der Waals surface area (Å²) in [6.45, 7) is 2.39. The molecular weight excluding hydrogens is 516 g/mol. The standard InChI is InChI=1S/C29H30N4O5S/c1-29(21-7-5-10-23(17-21)38-22-8-3-2-4-9-22)26(19-33(29)28(34)35)39(36,37)32-15-12-20(13-16-32)25-18-31-27-24(25)11-6-14-30-27/h2-11,14,17-18,20,26H,12-13,15-16,19H2,1H3,(H,30,31)(H,34,35). The van der Waals surface area contributed by atoms with Crippen LogP contribution in [0.25, 0.3) is 11.0 Å².